The number of phenols is 1. The average molecular weight is 281 g/mol. The minimum atomic E-state index is -0.355. The number of hydrogen-bond donors (Lipinski definition) is 1. The summed E-state index contributed by atoms with van der Waals surface area (Å²) in [5, 5.41) is 12.1. The summed E-state index contributed by atoms with van der Waals surface area (Å²) in [7, 11) is 0. The monoisotopic (exact) mass is 281 g/mol. The highest BCUT2D eigenvalue weighted by molar-refractivity contribution is 5.98. The highest BCUT2D eigenvalue weighted by Crippen LogP contribution is 2.38. The molecule has 2 aromatic rings. The van der Waals surface area contributed by atoms with Crippen LogP contribution in [0, 0.1) is 6.92 Å². The number of hydrogen-bond acceptors (Lipinski definition) is 2. The van der Waals surface area contributed by atoms with Crippen LogP contribution in [-0.2, 0) is 16.6 Å². The van der Waals surface area contributed by atoms with Gasteiger partial charge in [-0.1, -0.05) is 26.0 Å². The van der Waals surface area contributed by atoms with Crippen LogP contribution in [0.4, 0.5) is 0 Å². The van der Waals surface area contributed by atoms with Gasteiger partial charge in [-0.25, -0.2) is 4.99 Å². The van der Waals surface area contributed by atoms with Gasteiger partial charge >= 0.3 is 0 Å². The lowest BCUT2D eigenvalue weighted by atomic mass is 9.78. The van der Waals surface area contributed by atoms with Crippen molar-refractivity contribution >= 4 is 22.9 Å². The zero-order chi connectivity index (χ0) is 15.2. The summed E-state index contributed by atoms with van der Waals surface area (Å²) in [6.07, 6.45) is 2.82. The molecule has 0 radical (unpaired) electrons. The van der Waals surface area contributed by atoms with Crippen LogP contribution in [0.5, 0.6) is 5.75 Å². The van der Waals surface area contributed by atoms with Gasteiger partial charge in [0, 0.05) is 23.4 Å². The predicted octanol–water partition coefficient (Wildman–Crippen LogP) is 3.68. The molecule has 1 aliphatic rings. The molecule has 0 fully saturated rings. The fourth-order valence-electron chi connectivity index (χ4n) is 3.26. The molecule has 3 rings (SSSR count). The topological polar surface area (TPSA) is 49.7 Å². The molecule has 108 valence electrons. The summed E-state index contributed by atoms with van der Waals surface area (Å²) < 4.78 is 0. The maximum absolute atomic E-state index is 11.8. The standard InChI is InChI=1S/C18H19NO2/c1-11-12-7-8-16(21)19-10-18(2,3)17(11)13-5-4-6-15(20)14(13)9-12/h4-6,9-10,20H,7-8H2,1-3H3. The lowest BCUT2D eigenvalue weighted by Crippen LogP contribution is -2.21. The Morgan fingerprint density at radius 1 is 1.19 bits per heavy atom. The summed E-state index contributed by atoms with van der Waals surface area (Å²) in [5.74, 6) is 0.200. The van der Waals surface area contributed by atoms with Crippen LogP contribution in [0.3, 0.4) is 0 Å². The van der Waals surface area contributed by atoms with Gasteiger partial charge in [0.2, 0.25) is 5.91 Å². The SMILES string of the molecule is Cc1c2cc3c(O)cccc3c1C(C)(C)C=NC(=O)CC2. The molecule has 1 N–H and O–H groups in total. The Morgan fingerprint density at radius 3 is 2.71 bits per heavy atom. The Bertz CT molecular complexity index is 772. The second kappa shape index (κ2) is 4.69. The van der Waals surface area contributed by atoms with E-state index in [0.29, 0.717) is 12.8 Å². The molecule has 1 heterocycles. The summed E-state index contributed by atoms with van der Waals surface area (Å²) in [4.78, 5) is 15.9. The van der Waals surface area contributed by atoms with Gasteiger partial charge in [-0.2, -0.15) is 0 Å². The zero-order valence-corrected chi connectivity index (χ0v) is 12.6. The molecule has 0 saturated heterocycles. The minimum Gasteiger partial charge on any atom is -0.507 e. The highest BCUT2D eigenvalue weighted by atomic mass is 16.3. The van der Waals surface area contributed by atoms with Crippen molar-refractivity contribution in [2.45, 2.75) is 39.0 Å². The predicted molar refractivity (Wildman–Crippen MR) is 85.2 cm³/mol. The summed E-state index contributed by atoms with van der Waals surface area (Å²) in [5.41, 5.74) is 3.10. The zero-order valence-electron chi connectivity index (χ0n) is 12.6. The van der Waals surface area contributed by atoms with Gasteiger partial charge in [0.05, 0.1) is 0 Å². The van der Waals surface area contributed by atoms with Crippen molar-refractivity contribution < 1.29 is 9.90 Å². The van der Waals surface area contributed by atoms with E-state index in [0.717, 1.165) is 21.9 Å². The van der Waals surface area contributed by atoms with Gasteiger partial charge in [-0.05, 0) is 47.6 Å². The van der Waals surface area contributed by atoms with Crippen molar-refractivity contribution in [1.82, 2.24) is 0 Å². The molecule has 0 saturated carbocycles. The van der Waals surface area contributed by atoms with E-state index in [4.69, 9.17) is 0 Å². The number of carbonyl (C=O) groups is 1. The molecular formula is C18H19NO2. The number of nitrogens with zero attached hydrogens (tertiary/aromatic N) is 1. The first-order valence-corrected chi connectivity index (χ1v) is 7.23. The molecule has 2 aromatic carbocycles. The van der Waals surface area contributed by atoms with Crippen LogP contribution in [0.15, 0.2) is 29.3 Å². The van der Waals surface area contributed by atoms with Crippen LogP contribution in [-0.4, -0.2) is 17.2 Å². The largest absolute Gasteiger partial charge is 0.507 e. The van der Waals surface area contributed by atoms with Crippen LogP contribution < -0.4 is 0 Å². The van der Waals surface area contributed by atoms with Crippen molar-refractivity contribution in [3.63, 3.8) is 0 Å². The molecule has 3 nitrogen and oxygen atoms in total. The number of fused-ring (bicyclic) bond motifs is 4. The first-order valence-electron chi connectivity index (χ1n) is 7.23. The third kappa shape index (κ3) is 2.23. The first-order chi connectivity index (χ1) is 9.90. The molecule has 2 bridgehead atoms. The van der Waals surface area contributed by atoms with Gasteiger partial charge in [0.15, 0.2) is 0 Å². The number of aromatic hydroxyl groups is 1. The average Bonchev–Trinajstić information content (AvgIpc) is 2.45. The quantitative estimate of drug-likeness (QED) is 0.801. The van der Waals surface area contributed by atoms with Crippen molar-refractivity contribution in [2.75, 3.05) is 0 Å². The van der Waals surface area contributed by atoms with Crippen LogP contribution in [0.1, 0.15) is 37.0 Å². The molecule has 21 heavy (non-hydrogen) atoms. The Labute approximate surface area is 124 Å². The van der Waals surface area contributed by atoms with Gasteiger partial charge in [0.25, 0.3) is 0 Å². The van der Waals surface area contributed by atoms with E-state index in [-0.39, 0.29) is 17.1 Å². The summed E-state index contributed by atoms with van der Waals surface area (Å²) in [6.45, 7) is 6.22. The van der Waals surface area contributed by atoms with E-state index >= 15 is 0 Å². The van der Waals surface area contributed by atoms with Crippen LogP contribution in [0.25, 0.3) is 10.8 Å². The molecule has 3 heteroatoms. The Kier molecular flexibility index (Phi) is 3.08. The lowest BCUT2D eigenvalue weighted by Gasteiger charge is -2.26. The van der Waals surface area contributed by atoms with E-state index in [2.05, 4.69) is 25.8 Å². The van der Waals surface area contributed by atoms with Gasteiger partial charge in [0.1, 0.15) is 5.75 Å². The number of phenolic OH excluding ortho intramolecular Hbond substituents is 1. The van der Waals surface area contributed by atoms with E-state index in [1.807, 2.05) is 18.2 Å². The second-order valence-corrected chi connectivity index (χ2v) is 6.28. The van der Waals surface area contributed by atoms with Gasteiger partial charge in [-0.3, -0.25) is 4.79 Å². The fraction of sp³-hybridized carbons (Fsp3) is 0.333. The molecule has 0 atom stereocenters. The summed E-state index contributed by atoms with van der Waals surface area (Å²) >= 11 is 0. The minimum absolute atomic E-state index is 0.0850. The second-order valence-electron chi connectivity index (χ2n) is 6.28. The molecule has 0 spiro atoms. The van der Waals surface area contributed by atoms with Gasteiger partial charge < -0.3 is 5.11 Å². The fourth-order valence-corrected chi connectivity index (χ4v) is 3.26. The number of rotatable bonds is 0. The number of amides is 1. The van der Waals surface area contributed by atoms with E-state index in [1.165, 1.54) is 5.56 Å². The number of carbonyl (C=O) groups excluding carboxylic acids is 1. The maximum atomic E-state index is 11.8. The van der Waals surface area contributed by atoms with Crippen molar-refractivity contribution in [2.24, 2.45) is 4.99 Å². The van der Waals surface area contributed by atoms with Crippen molar-refractivity contribution in [3.8, 4) is 5.75 Å². The number of benzene rings is 2. The number of aryl methyl sites for hydroxylation is 1. The maximum Gasteiger partial charge on any atom is 0.245 e. The van der Waals surface area contributed by atoms with Crippen LogP contribution >= 0.6 is 0 Å². The molecular weight excluding hydrogens is 262 g/mol. The normalized spacial score (nSPS) is 17.4. The third-order valence-corrected chi connectivity index (χ3v) is 4.31. The molecule has 1 aliphatic heterocycles. The molecule has 0 aromatic heterocycles. The van der Waals surface area contributed by atoms with Gasteiger partial charge in [-0.15, -0.1) is 0 Å². The highest BCUT2D eigenvalue weighted by Gasteiger charge is 2.26. The Morgan fingerprint density at radius 2 is 1.95 bits per heavy atom. The molecule has 0 aliphatic carbocycles. The Balaban J connectivity index is 2.45. The smallest absolute Gasteiger partial charge is 0.245 e. The van der Waals surface area contributed by atoms with E-state index in [9.17, 15) is 9.90 Å². The van der Waals surface area contributed by atoms with Crippen LogP contribution in [0.2, 0.25) is 0 Å². The Hall–Kier alpha value is -2.16. The number of aliphatic imine (C=N–C) groups is 1. The van der Waals surface area contributed by atoms with Crippen molar-refractivity contribution in [3.05, 3.63) is 41.0 Å². The molecule has 0 unspecified atom stereocenters. The lowest BCUT2D eigenvalue weighted by molar-refractivity contribution is -0.117. The van der Waals surface area contributed by atoms with Crippen molar-refractivity contribution in [1.29, 1.82) is 0 Å². The molecule has 1 amide bonds. The van der Waals surface area contributed by atoms with E-state index < -0.39 is 0 Å². The third-order valence-electron chi connectivity index (χ3n) is 4.31. The first kappa shape index (κ1) is 13.8. The van der Waals surface area contributed by atoms with E-state index in [1.54, 1.807) is 12.3 Å². The summed E-state index contributed by atoms with van der Waals surface area (Å²) in [6, 6.07) is 7.60.